The van der Waals surface area contributed by atoms with Crippen LogP contribution in [0.4, 0.5) is 0 Å². The van der Waals surface area contributed by atoms with Crippen LogP contribution in [-0.4, -0.2) is 24.2 Å². The van der Waals surface area contributed by atoms with Gasteiger partial charge in [0.1, 0.15) is 0 Å². The molecule has 0 unspecified atom stereocenters. The van der Waals surface area contributed by atoms with Crippen LogP contribution in [0.25, 0.3) is 0 Å². The Balaban J connectivity index is 2.17. The van der Waals surface area contributed by atoms with Crippen LogP contribution in [0.5, 0.6) is 0 Å². The van der Waals surface area contributed by atoms with Gasteiger partial charge in [-0.3, -0.25) is 4.79 Å². The minimum Gasteiger partial charge on any atom is -0.481 e. The molecule has 0 amide bonds. The molecule has 1 aliphatic carbocycles. The number of hydrogen-bond acceptors (Lipinski definition) is 2. The van der Waals surface area contributed by atoms with Crippen LogP contribution < -0.4 is 5.32 Å². The normalized spacial score (nSPS) is 40.8. The van der Waals surface area contributed by atoms with Crippen molar-refractivity contribution < 1.29 is 9.90 Å². The van der Waals surface area contributed by atoms with Gasteiger partial charge in [-0.2, -0.15) is 0 Å². The van der Waals surface area contributed by atoms with Gasteiger partial charge in [0, 0.05) is 6.54 Å². The van der Waals surface area contributed by atoms with Gasteiger partial charge in [-0.1, -0.05) is 6.42 Å². The molecule has 1 saturated heterocycles. The molecule has 2 aliphatic rings. The van der Waals surface area contributed by atoms with Crippen molar-refractivity contribution in [3.63, 3.8) is 0 Å². The fraction of sp³-hybridized carbons (Fsp3) is 0.889. The molecule has 1 aliphatic heterocycles. The summed E-state index contributed by atoms with van der Waals surface area (Å²) in [5.74, 6) is 0.0167. The zero-order valence-electron chi connectivity index (χ0n) is 7.18. The lowest BCUT2D eigenvalue weighted by atomic mass is 9.67. The van der Waals surface area contributed by atoms with E-state index in [4.69, 9.17) is 5.11 Å². The standard InChI is InChI=1S/C9H15NO2/c11-8(12)9-3-1-2-7(4-9)5-10-6-9/h7,10H,1-6H2,(H,11,12)/t7-,9+/m1/s1. The van der Waals surface area contributed by atoms with E-state index < -0.39 is 11.4 Å². The summed E-state index contributed by atoms with van der Waals surface area (Å²) in [7, 11) is 0. The van der Waals surface area contributed by atoms with Crippen molar-refractivity contribution in [1.29, 1.82) is 0 Å². The first-order valence-electron chi connectivity index (χ1n) is 4.67. The summed E-state index contributed by atoms with van der Waals surface area (Å²) in [5.41, 5.74) is -0.416. The second-order valence-corrected chi connectivity index (χ2v) is 4.18. The first kappa shape index (κ1) is 8.05. The molecule has 0 aromatic carbocycles. The molecule has 0 radical (unpaired) electrons. The quantitative estimate of drug-likeness (QED) is 0.612. The monoisotopic (exact) mass is 169 g/mol. The molecule has 0 spiro atoms. The van der Waals surface area contributed by atoms with E-state index in [1.807, 2.05) is 0 Å². The molecule has 1 saturated carbocycles. The average Bonchev–Trinajstić information content (AvgIpc) is 2.04. The van der Waals surface area contributed by atoms with E-state index in [0.29, 0.717) is 12.5 Å². The van der Waals surface area contributed by atoms with Gasteiger partial charge >= 0.3 is 5.97 Å². The van der Waals surface area contributed by atoms with E-state index in [-0.39, 0.29) is 0 Å². The SMILES string of the molecule is O=C(O)[C@]12CCC[C@@H](CNC1)C2. The number of rotatable bonds is 1. The average molecular weight is 169 g/mol. The Bertz CT molecular complexity index is 193. The third kappa shape index (κ3) is 1.12. The van der Waals surface area contributed by atoms with Crippen LogP contribution in [0, 0.1) is 11.3 Å². The van der Waals surface area contributed by atoms with Crippen LogP contribution in [0.1, 0.15) is 25.7 Å². The van der Waals surface area contributed by atoms with E-state index in [9.17, 15) is 4.79 Å². The first-order valence-corrected chi connectivity index (χ1v) is 4.67. The minimum atomic E-state index is -0.598. The molecule has 2 bridgehead atoms. The second-order valence-electron chi connectivity index (χ2n) is 4.18. The van der Waals surface area contributed by atoms with Crippen molar-refractivity contribution in [2.45, 2.75) is 25.7 Å². The van der Waals surface area contributed by atoms with Gasteiger partial charge < -0.3 is 10.4 Å². The lowest BCUT2D eigenvalue weighted by Gasteiger charge is -2.42. The zero-order chi connectivity index (χ0) is 8.60. The second kappa shape index (κ2) is 2.73. The van der Waals surface area contributed by atoms with E-state index in [1.165, 1.54) is 6.42 Å². The lowest BCUT2D eigenvalue weighted by molar-refractivity contribution is -0.153. The number of carboxylic acid groups (broad SMARTS) is 1. The highest BCUT2D eigenvalue weighted by atomic mass is 16.4. The fourth-order valence-electron chi connectivity index (χ4n) is 2.61. The number of hydrogen-bond donors (Lipinski definition) is 2. The largest absolute Gasteiger partial charge is 0.481 e. The van der Waals surface area contributed by atoms with Crippen LogP contribution in [0.15, 0.2) is 0 Å². The molecule has 0 aromatic rings. The number of carbonyl (C=O) groups is 1. The summed E-state index contributed by atoms with van der Waals surface area (Å²) < 4.78 is 0. The van der Waals surface area contributed by atoms with Crippen LogP contribution in [0.2, 0.25) is 0 Å². The summed E-state index contributed by atoms with van der Waals surface area (Å²) in [6, 6.07) is 0. The highest BCUT2D eigenvalue weighted by molar-refractivity contribution is 5.75. The number of aliphatic carboxylic acids is 1. The molecule has 2 rings (SSSR count). The summed E-state index contributed by atoms with van der Waals surface area (Å²) in [6.07, 6.45) is 4.07. The number of piperidine rings is 1. The third-order valence-corrected chi connectivity index (χ3v) is 3.30. The molecule has 2 atom stereocenters. The maximum absolute atomic E-state index is 11.0. The molecule has 2 N–H and O–H groups in total. The summed E-state index contributed by atoms with van der Waals surface area (Å²) in [6.45, 7) is 1.70. The molecule has 3 heteroatoms. The molecule has 12 heavy (non-hydrogen) atoms. The number of nitrogens with one attached hydrogen (secondary N) is 1. The van der Waals surface area contributed by atoms with E-state index in [0.717, 1.165) is 25.8 Å². The number of fused-ring (bicyclic) bond motifs is 2. The van der Waals surface area contributed by atoms with Crippen molar-refractivity contribution in [2.75, 3.05) is 13.1 Å². The molecule has 2 fully saturated rings. The maximum atomic E-state index is 11.0. The first-order chi connectivity index (χ1) is 5.73. The Morgan fingerprint density at radius 3 is 3.08 bits per heavy atom. The number of carboxylic acids is 1. The molecule has 3 nitrogen and oxygen atoms in total. The van der Waals surface area contributed by atoms with Gasteiger partial charge in [0.15, 0.2) is 0 Å². The molecule has 1 heterocycles. The van der Waals surface area contributed by atoms with Crippen molar-refractivity contribution in [2.24, 2.45) is 11.3 Å². The zero-order valence-corrected chi connectivity index (χ0v) is 7.18. The topological polar surface area (TPSA) is 49.3 Å². The summed E-state index contributed by atoms with van der Waals surface area (Å²) in [4.78, 5) is 11.0. The van der Waals surface area contributed by atoms with Crippen molar-refractivity contribution in [3.8, 4) is 0 Å². The molecule has 0 aromatic heterocycles. The maximum Gasteiger partial charge on any atom is 0.310 e. The van der Waals surface area contributed by atoms with Crippen LogP contribution in [-0.2, 0) is 4.79 Å². The highest BCUT2D eigenvalue weighted by Crippen LogP contribution is 2.41. The molecular formula is C9H15NO2. The van der Waals surface area contributed by atoms with Gasteiger partial charge in [0.2, 0.25) is 0 Å². The van der Waals surface area contributed by atoms with E-state index in [2.05, 4.69) is 5.32 Å². The van der Waals surface area contributed by atoms with Crippen molar-refractivity contribution in [3.05, 3.63) is 0 Å². The van der Waals surface area contributed by atoms with E-state index >= 15 is 0 Å². The van der Waals surface area contributed by atoms with Crippen LogP contribution >= 0.6 is 0 Å². The molecular weight excluding hydrogens is 154 g/mol. The van der Waals surface area contributed by atoms with E-state index in [1.54, 1.807) is 0 Å². The van der Waals surface area contributed by atoms with Gasteiger partial charge in [0.05, 0.1) is 5.41 Å². The predicted octanol–water partition coefficient (Wildman–Crippen LogP) is 0.851. The van der Waals surface area contributed by atoms with Gasteiger partial charge in [0.25, 0.3) is 0 Å². The summed E-state index contributed by atoms with van der Waals surface area (Å²) >= 11 is 0. The highest BCUT2D eigenvalue weighted by Gasteiger charge is 2.44. The van der Waals surface area contributed by atoms with Gasteiger partial charge in [-0.25, -0.2) is 0 Å². The third-order valence-electron chi connectivity index (χ3n) is 3.30. The predicted molar refractivity (Wildman–Crippen MR) is 44.9 cm³/mol. The molecule has 68 valence electrons. The Hall–Kier alpha value is -0.570. The Labute approximate surface area is 72.2 Å². The Morgan fingerprint density at radius 2 is 2.42 bits per heavy atom. The Kier molecular flexibility index (Phi) is 1.83. The fourth-order valence-corrected chi connectivity index (χ4v) is 2.61. The lowest BCUT2D eigenvalue weighted by Crippen LogP contribution is -2.51. The van der Waals surface area contributed by atoms with Crippen molar-refractivity contribution in [1.82, 2.24) is 5.32 Å². The smallest absolute Gasteiger partial charge is 0.310 e. The minimum absolute atomic E-state index is 0.416. The van der Waals surface area contributed by atoms with Crippen molar-refractivity contribution >= 4 is 5.97 Å². The van der Waals surface area contributed by atoms with Crippen LogP contribution in [0.3, 0.4) is 0 Å². The summed E-state index contributed by atoms with van der Waals surface area (Å²) in [5, 5.41) is 12.3. The van der Waals surface area contributed by atoms with Gasteiger partial charge in [-0.15, -0.1) is 0 Å². The van der Waals surface area contributed by atoms with Gasteiger partial charge in [-0.05, 0) is 31.7 Å². The Morgan fingerprint density at radius 1 is 1.58 bits per heavy atom.